The van der Waals surface area contributed by atoms with Crippen LogP contribution in [-0.4, -0.2) is 51.8 Å². The summed E-state index contributed by atoms with van der Waals surface area (Å²) in [7, 11) is 0. The summed E-state index contributed by atoms with van der Waals surface area (Å²) in [6.45, 7) is 2.80. The number of rotatable bonds is 3. The highest BCUT2D eigenvalue weighted by Gasteiger charge is 2.44. The van der Waals surface area contributed by atoms with Crippen LogP contribution in [0.5, 0.6) is 0 Å². The average Bonchev–Trinajstić information content (AvgIpc) is 2.97. The van der Waals surface area contributed by atoms with Gasteiger partial charge in [-0.15, -0.1) is 0 Å². The first-order valence-corrected chi connectivity index (χ1v) is 6.93. The van der Waals surface area contributed by atoms with Gasteiger partial charge < -0.3 is 20.4 Å². The Morgan fingerprint density at radius 2 is 2.00 bits per heavy atom. The normalized spacial score (nSPS) is 27.3. The molecule has 1 aliphatic carbocycles. The number of hydrogen-bond donors (Lipinski definition) is 3. The summed E-state index contributed by atoms with van der Waals surface area (Å²) < 4.78 is 0. The predicted molar refractivity (Wildman–Crippen MR) is 68.7 cm³/mol. The molecule has 1 heterocycles. The standard InChI is InChI=1S/C13H22N2O4/c1-9(16)10-4-7-15(8-10)12(19)14-13(11(17)18)5-2-3-6-13/h9-10,16H,2-8H2,1H3,(H,14,19)(H,17,18). The van der Waals surface area contributed by atoms with Crippen LogP contribution in [0.2, 0.25) is 0 Å². The zero-order chi connectivity index (χ0) is 14.0. The second kappa shape index (κ2) is 5.36. The van der Waals surface area contributed by atoms with E-state index < -0.39 is 17.6 Å². The number of aliphatic hydroxyl groups is 1. The van der Waals surface area contributed by atoms with E-state index in [4.69, 9.17) is 0 Å². The lowest BCUT2D eigenvalue weighted by Crippen LogP contribution is -2.56. The van der Waals surface area contributed by atoms with Gasteiger partial charge in [-0.05, 0) is 26.2 Å². The van der Waals surface area contributed by atoms with Crippen molar-refractivity contribution in [1.82, 2.24) is 10.2 Å². The summed E-state index contributed by atoms with van der Waals surface area (Å²) in [6, 6.07) is -0.313. The van der Waals surface area contributed by atoms with E-state index in [0.29, 0.717) is 25.9 Å². The Labute approximate surface area is 112 Å². The van der Waals surface area contributed by atoms with E-state index in [1.54, 1.807) is 11.8 Å². The highest BCUT2D eigenvalue weighted by Crippen LogP contribution is 2.30. The third-order valence-corrected chi connectivity index (χ3v) is 4.41. The molecule has 6 heteroatoms. The van der Waals surface area contributed by atoms with Crippen LogP contribution in [-0.2, 0) is 4.79 Å². The minimum Gasteiger partial charge on any atom is -0.480 e. The average molecular weight is 270 g/mol. The van der Waals surface area contributed by atoms with Gasteiger partial charge in [0.1, 0.15) is 5.54 Å². The quantitative estimate of drug-likeness (QED) is 0.707. The fourth-order valence-electron chi connectivity index (χ4n) is 3.02. The predicted octanol–water partition coefficient (Wildman–Crippen LogP) is 0.796. The number of nitrogens with one attached hydrogen (secondary N) is 1. The number of urea groups is 1. The van der Waals surface area contributed by atoms with Gasteiger partial charge in [-0.3, -0.25) is 0 Å². The first-order chi connectivity index (χ1) is 8.94. The molecule has 0 aromatic heterocycles. The molecule has 0 aromatic carbocycles. The van der Waals surface area contributed by atoms with E-state index in [1.807, 2.05) is 0 Å². The van der Waals surface area contributed by atoms with Crippen LogP contribution >= 0.6 is 0 Å². The highest BCUT2D eigenvalue weighted by atomic mass is 16.4. The third-order valence-electron chi connectivity index (χ3n) is 4.41. The van der Waals surface area contributed by atoms with Gasteiger partial charge in [0.25, 0.3) is 0 Å². The maximum absolute atomic E-state index is 12.1. The Bertz CT molecular complexity index is 364. The van der Waals surface area contributed by atoms with Gasteiger partial charge in [-0.2, -0.15) is 0 Å². The Morgan fingerprint density at radius 3 is 2.47 bits per heavy atom. The van der Waals surface area contributed by atoms with E-state index in [0.717, 1.165) is 19.3 Å². The lowest BCUT2D eigenvalue weighted by molar-refractivity contribution is -0.144. The van der Waals surface area contributed by atoms with E-state index in [-0.39, 0.29) is 11.9 Å². The van der Waals surface area contributed by atoms with Crippen molar-refractivity contribution in [3.8, 4) is 0 Å². The van der Waals surface area contributed by atoms with Crippen molar-refractivity contribution in [2.45, 2.75) is 50.7 Å². The highest BCUT2D eigenvalue weighted by molar-refractivity contribution is 5.86. The maximum Gasteiger partial charge on any atom is 0.329 e. The number of likely N-dealkylation sites (tertiary alicyclic amines) is 1. The summed E-state index contributed by atoms with van der Waals surface area (Å²) in [5.74, 6) is -0.847. The SMILES string of the molecule is CC(O)C1CCN(C(=O)NC2(C(=O)O)CCCC2)C1. The summed E-state index contributed by atoms with van der Waals surface area (Å²) in [6.07, 6.45) is 3.01. The zero-order valence-corrected chi connectivity index (χ0v) is 11.3. The Morgan fingerprint density at radius 1 is 1.37 bits per heavy atom. The molecule has 2 aliphatic rings. The van der Waals surface area contributed by atoms with Gasteiger partial charge in [-0.25, -0.2) is 9.59 Å². The smallest absolute Gasteiger partial charge is 0.329 e. The van der Waals surface area contributed by atoms with Crippen LogP contribution in [0.25, 0.3) is 0 Å². The Hall–Kier alpha value is -1.30. The number of nitrogens with zero attached hydrogens (tertiary/aromatic N) is 1. The topological polar surface area (TPSA) is 89.9 Å². The summed E-state index contributed by atoms with van der Waals surface area (Å²) >= 11 is 0. The van der Waals surface area contributed by atoms with Crippen molar-refractivity contribution >= 4 is 12.0 Å². The molecule has 1 aliphatic heterocycles. The summed E-state index contributed by atoms with van der Waals surface area (Å²) in [5, 5.41) is 21.5. The van der Waals surface area contributed by atoms with Crippen LogP contribution in [0.3, 0.4) is 0 Å². The number of carbonyl (C=O) groups excluding carboxylic acids is 1. The molecular weight excluding hydrogens is 248 g/mol. The monoisotopic (exact) mass is 270 g/mol. The molecule has 2 amide bonds. The molecule has 1 saturated carbocycles. The second-order valence-corrected chi connectivity index (χ2v) is 5.76. The molecule has 0 radical (unpaired) electrons. The molecule has 2 atom stereocenters. The minimum absolute atomic E-state index is 0.0927. The molecule has 0 spiro atoms. The molecule has 2 fully saturated rings. The van der Waals surface area contributed by atoms with Crippen LogP contribution in [0, 0.1) is 5.92 Å². The fourth-order valence-corrected chi connectivity index (χ4v) is 3.02. The molecule has 1 saturated heterocycles. The molecule has 6 nitrogen and oxygen atoms in total. The Balaban J connectivity index is 1.96. The molecule has 3 N–H and O–H groups in total. The van der Waals surface area contributed by atoms with E-state index in [1.165, 1.54) is 0 Å². The largest absolute Gasteiger partial charge is 0.480 e. The van der Waals surface area contributed by atoms with Crippen molar-refractivity contribution in [3.05, 3.63) is 0 Å². The van der Waals surface area contributed by atoms with Crippen molar-refractivity contribution in [3.63, 3.8) is 0 Å². The van der Waals surface area contributed by atoms with Gasteiger partial charge >= 0.3 is 12.0 Å². The number of carbonyl (C=O) groups is 2. The van der Waals surface area contributed by atoms with Gasteiger partial charge in [0.15, 0.2) is 0 Å². The number of carboxylic acids is 1. The van der Waals surface area contributed by atoms with Crippen LogP contribution in [0.4, 0.5) is 4.79 Å². The molecule has 108 valence electrons. The fraction of sp³-hybridized carbons (Fsp3) is 0.846. The number of carboxylic acid groups (broad SMARTS) is 1. The van der Waals surface area contributed by atoms with Gasteiger partial charge in [-0.1, -0.05) is 12.8 Å². The number of aliphatic hydroxyl groups excluding tert-OH is 1. The lowest BCUT2D eigenvalue weighted by Gasteiger charge is -2.28. The van der Waals surface area contributed by atoms with Crippen molar-refractivity contribution < 1.29 is 19.8 Å². The molecular formula is C13H22N2O4. The first kappa shape index (κ1) is 14.1. The number of amides is 2. The van der Waals surface area contributed by atoms with Crippen LogP contribution in [0.1, 0.15) is 39.0 Å². The van der Waals surface area contributed by atoms with E-state index in [2.05, 4.69) is 5.32 Å². The zero-order valence-electron chi connectivity index (χ0n) is 11.3. The first-order valence-electron chi connectivity index (χ1n) is 6.93. The van der Waals surface area contributed by atoms with E-state index in [9.17, 15) is 19.8 Å². The van der Waals surface area contributed by atoms with Crippen molar-refractivity contribution in [1.29, 1.82) is 0 Å². The summed E-state index contributed by atoms with van der Waals surface area (Å²) in [4.78, 5) is 25.1. The van der Waals surface area contributed by atoms with Crippen molar-refractivity contribution in [2.75, 3.05) is 13.1 Å². The van der Waals surface area contributed by atoms with Crippen LogP contribution in [0.15, 0.2) is 0 Å². The molecule has 2 unspecified atom stereocenters. The summed E-state index contributed by atoms with van der Waals surface area (Å²) in [5.41, 5.74) is -1.08. The second-order valence-electron chi connectivity index (χ2n) is 5.76. The van der Waals surface area contributed by atoms with Gasteiger partial charge in [0.05, 0.1) is 6.10 Å². The van der Waals surface area contributed by atoms with Gasteiger partial charge in [0, 0.05) is 19.0 Å². The minimum atomic E-state index is -1.08. The Kier molecular flexibility index (Phi) is 3.99. The molecule has 0 aromatic rings. The van der Waals surface area contributed by atoms with Crippen LogP contribution < -0.4 is 5.32 Å². The maximum atomic E-state index is 12.1. The van der Waals surface area contributed by atoms with Gasteiger partial charge in [0.2, 0.25) is 0 Å². The van der Waals surface area contributed by atoms with Crippen molar-refractivity contribution in [2.24, 2.45) is 5.92 Å². The lowest BCUT2D eigenvalue weighted by atomic mass is 9.98. The number of hydrogen-bond acceptors (Lipinski definition) is 3. The molecule has 0 bridgehead atoms. The number of aliphatic carboxylic acids is 1. The van der Waals surface area contributed by atoms with E-state index >= 15 is 0 Å². The molecule has 2 rings (SSSR count). The molecule has 19 heavy (non-hydrogen) atoms. The third kappa shape index (κ3) is 2.83.